The number of nitrogens with zero attached hydrogens (tertiary/aromatic N) is 6. The quantitative estimate of drug-likeness (QED) is 0.729. The Morgan fingerprint density at radius 2 is 1.93 bits per heavy atom. The van der Waals surface area contributed by atoms with Gasteiger partial charge in [0.15, 0.2) is 11.3 Å². The van der Waals surface area contributed by atoms with Gasteiger partial charge < -0.3 is 14.7 Å². The number of hydroxylamine groups is 2. The van der Waals surface area contributed by atoms with Gasteiger partial charge in [0, 0.05) is 51.5 Å². The van der Waals surface area contributed by atoms with Crippen molar-refractivity contribution in [3.63, 3.8) is 0 Å². The molecule has 0 aromatic carbocycles. The third-order valence-corrected chi connectivity index (χ3v) is 5.61. The fourth-order valence-electron chi connectivity index (χ4n) is 3.96. The molecule has 2 aromatic rings. The van der Waals surface area contributed by atoms with Crippen LogP contribution in [0.3, 0.4) is 0 Å². The van der Waals surface area contributed by atoms with E-state index < -0.39 is 12.0 Å². The van der Waals surface area contributed by atoms with Crippen LogP contribution in [-0.4, -0.2) is 83.3 Å². The summed E-state index contributed by atoms with van der Waals surface area (Å²) < 4.78 is 6.84. The second kappa shape index (κ2) is 8.44. The van der Waals surface area contributed by atoms with Crippen molar-refractivity contribution in [1.29, 1.82) is 0 Å². The summed E-state index contributed by atoms with van der Waals surface area (Å²) in [5.74, 6) is 0.623. The van der Waals surface area contributed by atoms with Crippen molar-refractivity contribution in [3.05, 3.63) is 17.8 Å². The largest absolute Gasteiger partial charge is 0.465 e. The summed E-state index contributed by atoms with van der Waals surface area (Å²) in [4.78, 5) is 37.9. The van der Waals surface area contributed by atoms with E-state index in [-0.39, 0.29) is 11.7 Å². The molecule has 0 aliphatic carbocycles. The fraction of sp³-hybridized carbons (Fsp3) is 0.579. The first-order valence-corrected chi connectivity index (χ1v) is 10.1. The lowest BCUT2D eigenvalue weighted by Crippen LogP contribution is -2.44. The van der Waals surface area contributed by atoms with E-state index in [0.717, 1.165) is 31.0 Å². The third-order valence-electron chi connectivity index (χ3n) is 5.61. The number of hydrogen-bond acceptors (Lipinski definition) is 7. The van der Waals surface area contributed by atoms with E-state index in [2.05, 4.69) is 15.0 Å². The molecular formula is C19H26N6O5. The third kappa shape index (κ3) is 3.77. The van der Waals surface area contributed by atoms with Crippen LogP contribution in [0.1, 0.15) is 36.2 Å². The molecule has 4 rings (SSSR count). The SMILES string of the molecule is CON(C)C(=O)c1cc2nc(N3CCCC3)cc(N(C(=O)O)C3CCOCC3)n2n1. The monoisotopic (exact) mass is 418 g/mol. The molecule has 4 heterocycles. The number of carbonyl (C=O) groups is 2. The van der Waals surface area contributed by atoms with Crippen LogP contribution in [0.5, 0.6) is 0 Å². The minimum atomic E-state index is -1.07. The molecule has 2 saturated heterocycles. The standard InChI is InChI=1S/C19H26N6O5/c1-22(29-2)18(26)14-11-16-20-15(23-7-3-4-8-23)12-17(25(16)21-14)24(19(27)28)13-5-9-30-10-6-13/h11-13H,3-10H2,1-2H3,(H,27,28). The van der Waals surface area contributed by atoms with Crippen LogP contribution in [0.15, 0.2) is 12.1 Å². The minimum Gasteiger partial charge on any atom is -0.465 e. The van der Waals surface area contributed by atoms with Crippen LogP contribution in [0.2, 0.25) is 0 Å². The first kappa shape index (κ1) is 20.4. The van der Waals surface area contributed by atoms with Crippen molar-refractivity contribution in [2.45, 2.75) is 31.7 Å². The zero-order valence-electron chi connectivity index (χ0n) is 17.2. The maximum absolute atomic E-state index is 12.5. The Morgan fingerprint density at radius 1 is 1.23 bits per heavy atom. The summed E-state index contributed by atoms with van der Waals surface area (Å²) in [7, 11) is 2.88. The van der Waals surface area contributed by atoms with Crippen LogP contribution < -0.4 is 9.80 Å². The molecule has 0 bridgehead atoms. The average Bonchev–Trinajstić information content (AvgIpc) is 3.43. The maximum Gasteiger partial charge on any atom is 0.413 e. The van der Waals surface area contributed by atoms with Gasteiger partial charge >= 0.3 is 6.09 Å². The van der Waals surface area contributed by atoms with Gasteiger partial charge in [0.1, 0.15) is 11.6 Å². The van der Waals surface area contributed by atoms with E-state index in [4.69, 9.17) is 9.57 Å². The van der Waals surface area contributed by atoms with E-state index in [1.165, 1.54) is 23.6 Å². The highest BCUT2D eigenvalue weighted by atomic mass is 16.7. The molecule has 1 N–H and O–H groups in total. The first-order valence-electron chi connectivity index (χ1n) is 10.1. The molecule has 11 nitrogen and oxygen atoms in total. The molecule has 11 heteroatoms. The molecule has 0 saturated carbocycles. The topological polar surface area (TPSA) is 113 Å². The van der Waals surface area contributed by atoms with Crippen molar-refractivity contribution in [3.8, 4) is 0 Å². The van der Waals surface area contributed by atoms with Crippen LogP contribution in [-0.2, 0) is 9.57 Å². The molecule has 2 aromatic heterocycles. The van der Waals surface area contributed by atoms with Crippen molar-refractivity contribution < 1.29 is 24.3 Å². The van der Waals surface area contributed by atoms with Crippen LogP contribution in [0, 0.1) is 0 Å². The highest BCUT2D eigenvalue weighted by Crippen LogP contribution is 2.29. The highest BCUT2D eigenvalue weighted by Gasteiger charge is 2.31. The minimum absolute atomic E-state index is 0.129. The lowest BCUT2D eigenvalue weighted by molar-refractivity contribution is -0.0760. The van der Waals surface area contributed by atoms with E-state index in [0.29, 0.717) is 43.3 Å². The van der Waals surface area contributed by atoms with Gasteiger partial charge in [-0.15, -0.1) is 0 Å². The summed E-state index contributed by atoms with van der Waals surface area (Å²) in [6, 6.07) is 3.08. The molecule has 30 heavy (non-hydrogen) atoms. The highest BCUT2D eigenvalue weighted by molar-refractivity contribution is 5.93. The van der Waals surface area contributed by atoms with Gasteiger partial charge in [0.05, 0.1) is 7.11 Å². The molecule has 2 aliphatic heterocycles. The smallest absolute Gasteiger partial charge is 0.413 e. The second-order valence-electron chi connectivity index (χ2n) is 7.45. The molecule has 0 radical (unpaired) electrons. The lowest BCUT2D eigenvalue weighted by Gasteiger charge is -2.32. The van der Waals surface area contributed by atoms with E-state index in [1.54, 1.807) is 12.1 Å². The molecule has 2 amide bonds. The number of carbonyl (C=O) groups excluding carboxylic acids is 1. The predicted octanol–water partition coefficient (Wildman–Crippen LogP) is 1.63. The maximum atomic E-state index is 12.5. The number of hydrogen-bond donors (Lipinski definition) is 1. The van der Waals surface area contributed by atoms with Gasteiger partial charge in [-0.3, -0.25) is 14.5 Å². The number of ether oxygens (including phenoxy) is 1. The molecule has 0 spiro atoms. The molecule has 0 unspecified atom stereocenters. The Bertz CT molecular complexity index is 935. The van der Waals surface area contributed by atoms with Crippen LogP contribution in [0.25, 0.3) is 5.65 Å². The Labute approximate surface area is 173 Å². The van der Waals surface area contributed by atoms with E-state index in [1.807, 2.05) is 0 Å². The number of fused-ring (bicyclic) bond motifs is 1. The summed E-state index contributed by atoms with van der Waals surface area (Å²) in [5.41, 5.74) is 0.546. The van der Waals surface area contributed by atoms with E-state index in [9.17, 15) is 14.7 Å². The van der Waals surface area contributed by atoms with Crippen LogP contribution >= 0.6 is 0 Å². The molecule has 0 atom stereocenters. The zero-order chi connectivity index (χ0) is 21.3. The second-order valence-corrected chi connectivity index (χ2v) is 7.45. The number of aromatic nitrogens is 3. The van der Waals surface area contributed by atoms with Gasteiger partial charge in [-0.1, -0.05) is 0 Å². The number of amides is 2. The Kier molecular flexibility index (Phi) is 5.73. The Balaban J connectivity index is 1.84. The lowest BCUT2D eigenvalue weighted by atomic mass is 10.1. The fourth-order valence-corrected chi connectivity index (χ4v) is 3.96. The Hall–Kier alpha value is -2.92. The summed E-state index contributed by atoms with van der Waals surface area (Å²) >= 11 is 0. The number of rotatable bonds is 5. The van der Waals surface area contributed by atoms with Crippen molar-refractivity contribution in [2.75, 3.05) is 50.3 Å². The molecular weight excluding hydrogens is 392 g/mol. The van der Waals surface area contributed by atoms with Crippen molar-refractivity contribution in [1.82, 2.24) is 19.7 Å². The van der Waals surface area contributed by atoms with Crippen LogP contribution in [0.4, 0.5) is 16.4 Å². The van der Waals surface area contributed by atoms with Gasteiger partial charge in [-0.25, -0.2) is 14.8 Å². The van der Waals surface area contributed by atoms with Crippen molar-refractivity contribution >= 4 is 29.3 Å². The van der Waals surface area contributed by atoms with Gasteiger partial charge in [-0.05, 0) is 25.7 Å². The first-order chi connectivity index (χ1) is 14.5. The summed E-state index contributed by atoms with van der Waals surface area (Å²) in [6.07, 6.45) is 2.24. The Morgan fingerprint density at radius 3 is 2.57 bits per heavy atom. The summed E-state index contributed by atoms with van der Waals surface area (Å²) in [5, 5.41) is 15.5. The number of carboxylic acid groups (broad SMARTS) is 1. The zero-order valence-corrected chi connectivity index (χ0v) is 17.2. The normalized spacial score (nSPS) is 17.5. The van der Waals surface area contributed by atoms with Crippen molar-refractivity contribution in [2.24, 2.45) is 0 Å². The van der Waals surface area contributed by atoms with Gasteiger partial charge in [-0.2, -0.15) is 9.61 Å². The summed E-state index contributed by atoms with van der Waals surface area (Å²) in [6.45, 7) is 2.73. The van der Waals surface area contributed by atoms with E-state index >= 15 is 0 Å². The van der Waals surface area contributed by atoms with Gasteiger partial charge in [0.25, 0.3) is 5.91 Å². The molecule has 162 valence electrons. The molecule has 2 fully saturated rings. The number of anilines is 2. The predicted molar refractivity (Wildman–Crippen MR) is 108 cm³/mol. The molecule has 2 aliphatic rings. The average molecular weight is 418 g/mol. The van der Waals surface area contributed by atoms with Gasteiger partial charge in [0.2, 0.25) is 0 Å².